The number of ether oxygens (including phenoxy) is 1. The van der Waals surface area contributed by atoms with E-state index in [1.54, 1.807) is 19.5 Å². The molecule has 3 rings (SSSR count). The van der Waals surface area contributed by atoms with Crippen LogP contribution in [0, 0.1) is 6.92 Å². The molecule has 0 aliphatic rings. The molecule has 3 aromatic rings. The topological polar surface area (TPSA) is 39.9 Å². The third-order valence-electron chi connectivity index (χ3n) is 3.28. The molecule has 0 N–H and O–H groups in total. The number of aromatic nitrogens is 3. The summed E-state index contributed by atoms with van der Waals surface area (Å²) in [6.45, 7) is 2.07. The Bertz CT molecular complexity index is 746. The second-order valence-corrected chi connectivity index (χ2v) is 4.56. The van der Waals surface area contributed by atoms with Crippen molar-refractivity contribution in [2.45, 2.75) is 6.92 Å². The average Bonchev–Trinajstić information content (AvgIpc) is 2.75. The lowest BCUT2D eigenvalue weighted by atomic mass is 10.2. The van der Waals surface area contributed by atoms with Crippen LogP contribution in [0.15, 0.2) is 36.7 Å². The molecule has 0 saturated heterocycles. The van der Waals surface area contributed by atoms with Gasteiger partial charge in [0.1, 0.15) is 11.6 Å². The molecule has 19 heavy (non-hydrogen) atoms. The zero-order valence-electron chi connectivity index (χ0n) is 11.2. The third-order valence-corrected chi connectivity index (χ3v) is 3.28. The van der Waals surface area contributed by atoms with Gasteiger partial charge >= 0.3 is 0 Å². The van der Waals surface area contributed by atoms with Gasteiger partial charge in [0.2, 0.25) is 0 Å². The molecular weight excluding hydrogens is 238 g/mol. The Morgan fingerprint density at radius 2 is 2.05 bits per heavy atom. The Morgan fingerprint density at radius 3 is 2.84 bits per heavy atom. The van der Waals surface area contributed by atoms with Crippen LogP contribution >= 0.6 is 0 Å². The van der Waals surface area contributed by atoms with E-state index in [1.165, 1.54) is 5.56 Å². The number of rotatable bonds is 2. The van der Waals surface area contributed by atoms with Gasteiger partial charge in [-0.05, 0) is 30.7 Å². The van der Waals surface area contributed by atoms with Gasteiger partial charge in [-0.1, -0.05) is 6.07 Å². The van der Waals surface area contributed by atoms with E-state index in [-0.39, 0.29) is 0 Å². The first-order chi connectivity index (χ1) is 9.20. The molecule has 0 aliphatic heterocycles. The molecule has 2 heterocycles. The summed E-state index contributed by atoms with van der Waals surface area (Å²) in [5.41, 5.74) is 4.27. The number of hydrogen-bond acceptors (Lipinski definition) is 3. The van der Waals surface area contributed by atoms with Crippen molar-refractivity contribution < 1.29 is 4.74 Å². The molecule has 0 amide bonds. The van der Waals surface area contributed by atoms with E-state index >= 15 is 0 Å². The van der Waals surface area contributed by atoms with E-state index in [2.05, 4.69) is 34.7 Å². The number of benzene rings is 1. The summed E-state index contributed by atoms with van der Waals surface area (Å²) in [5.74, 6) is 1.62. The zero-order valence-corrected chi connectivity index (χ0v) is 11.2. The molecule has 0 radical (unpaired) electrons. The van der Waals surface area contributed by atoms with Crippen LogP contribution < -0.4 is 4.74 Å². The number of aryl methyl sites for hydroxylation is 2. The molecule has 0 fully saturated rings. The standard InChI is InChI=1S/C15H15N3O/c1-10-4-5-13-12(8-10)17-15(18(13)2)11-6-7-16-9-14(11)19-3/h4-9H,1-3H3. The van der Waals surface area contributed by atoms with Gasteiger partial charge in [-0.25, -0.2) is 4.98 Å². The van der Waals surface area contributed by atoms with Gasteiger partial charge in [0, 0.05) is 13.2 Å². The lowest BCUT2D eigenvalue weighted by molar-refractivity contribution is 0.414. The van der Waals surface area contributed by atoms with Gasteiger partial charge in [-0.15, -0.1) is 0 Å². The predicted molar refractivity (Wildman–Crippen MR) is 75.2 cm³/mol. The van der Waals surface area contributed by atoms with Crippen LogP contribution in [0.2, 0.25) is 0 Å². The lowest BCUT2D eigenvalue weighted by Gasteiger charge is -2.07. The molecule has 1 aromatic carbocycles. The van der Waals surface area contributed by atoms with Gasteiger partial charge in [0.05, 0.1) is 29.9 Å². The summed E-state index contributed by atoms with van der Waals surface area (Å²) in [4.78, 5) is 8.78. The third kappa shape index (κ3) is 1.85. The molecule has 0 spiro atoms. The maximum absolute atomic E-state index is 5.36. The largest absolute Gasteiger partial charge is 0.494 e. The predicted octanol–water partition coefficient (Wildman–Crippen LogP) is 2.95. The van der Waals surface area contributed by atoms with E-state index < -0.39 is 0 Å². The molecule has 4 heteroatoms. The van der Waals surface area contributed by atoms with Crippen LogP contribution in [0.25, 0.3) is 22.4 Å². The minimum absolute atomic E-state index is 0.734. The minimum Gasteiger partial charge on any atom is -0.494 e. The number of pyridine rings is 1. The Morgan fingerprint density at radius 1 is 1.21 bits per heavy atom. The minimum atomic E-state index is 0.734. The van der Waals surface area contributed by atoms with Crippen LogP contribution in [0.1, 0.15) is 5.56 Å². The fourth-order valence-electron chi connectivity index (χ4n) is 2.28. The Balaban J connectivity index is 2.28. The molecule has 96 valence electrons. The second kappa shape index (κ2) is 4.39. The van der Waals surface area contributed by atoms with E-state index in [9.17, 15) is 0 Å². The summed E-state index contributed by atoms with van der Waals surface area (Å²) < 4.78 is 7.43. The van der Waals surface area contributed by atoms with E-state index in [0.717, 1.165) is 28.2 Å². The summed E-state index contributed by atoms with van der Waals surface area (Å²) in [6.07, 6.45) is 3.46. The van der Waals surface area contributed by atoms with Crippen molar-refractivity contribution in [1.29, 1.82) is 0 Å². The fraction of sp³-hybridized carbons (Fsp3) is 0.200. The highest BCUT2D eigenvalue weighted by molar-refractivity contribution is 5.82. The molecule has 0 aliphatic carbocycles. The summed E-state index contributed by atoms with van der Waals surface area (Å²) in [5, 5.41) is 0. The normalized spacial score (nSPS) is 10.9. The number of nitrogens with zero attached hydrogens (tertiary/aromatic N) is 3. The van der Waals surface area contributed by atoms with Crippen molar-refractivity contribution in [2.24, 2.45) is 7.05 Å². The highest BCUT2D eigenvalue weighted by atomic mass is 16.5. The summed E-state index contributed by atoms with van der Waals surface area (Å²) in [7, 11) is 3.66. The van der Waals surface area contributed by atoms with E-state index in [1.807, 2.05) is 13.1 Å². The molecule has 2 aromatic heterocycles. The highest BCUT2D eigenvalue weighted by Crippen LogP contribution is 2.30. The maximum atomic E-state index is 5.36. The smallest absolute Gasteiger partial charge is 0.148 e. The lowest BCUT2D eigenvalue weighted by Crippen LogP contribution is -1.95. The number of fused-ring (bicyclic) bond motifs is 1. The molecule has 4 nitrogen and oxygen atoms in total. The Hall–Kier alpha value is -2.36. The van der Waals surface area contributed by atoms with Gasteiger partial charge < -0.3 is 9.30 Å². The van der Waals surface area contributed by atoms with E-state index in [0.29, 0.717) is 0 Å². The maximum Gasteiger partial charge on any atom is 0.148 e. The van der Waals surface area contributed by atoms with E-state index in [4.69, 9.17) is 9.72 Å². The Labute approximate surface area is 111 Å². The van der Waals surface area contributed by atoms with Crippen molar-refractivity contribution in [3.63, 3.8) is 0 Å². The first kappa shape index (κ1) is 11.7. The van der Waals surface area contributed by atoms with Crippen LogP contribution in [0.4, 0.5) is 0 Å². The van der Waals surface area contributed by atoms with Gasteiger partial charge in [-0.3, -0.25) is 4.98 Å². The van der Waals surface area contributed by atoms with Crippen LogP contribution in [-0.2, 0) is 7.05 Å². The van der Waals surface area contributed by atoms with Crippen molar-refractivity contribution in [2.75, 3.05) is 7.11 Å². The molecular formula is C15H15N3O. The van der Waals surface area contributed by atoms with Crippen LogP contribution in [-0.4, -0.2) is 21.6 Å². The van der Waals surface area contributed by atoms with Gasteiger partial charge in [0.15, 0.2) is 0 Å². The monoisotopic (exact) mass is 253 g/mol. The summed E-state index contributed by atoms with van der Waals surface area (Å²) >= 11 is 0. The van der Waals surface area contributed by atoms with Crippen molar-refractivity contribution in [3.8, 4) is 17.1 Å². The SMILES string of the molecule is COc1cnccc1-c1nc2cc(C)ccc2n1C. The summed E-state index contributed by atoms with van der Waals surface area (Å²) in [6, 6.07) is 8.20. The van der Waals surface area contributed by atoms with Crippen molar-refractivity contribution >= 4 is 11.0 Å². The van der Waals surface area contributed by atoms with Crippen LogP contribution in [0.3, 0.4) is 0 Å². The fourth-order valence-corrected chi connectivity index (χ4v) is 2.28. The van der Waals surface area contributed by atoms with Crippen molar-refractivity contribution in [3.05, 3.63) is 42.2 Å². The number of imidazole rings is 1. The Kier molecular flexibility index (Phi) is 2.71. The second-order valence-electron chi connectivity index (χ2n) is 4.56. The van der Waals surface area contributed by atoms with Gasteiger partial charge in [0.25, 0.3) is 0 Å². The zero-order chi connectivity index (χ0) is 13.4. The van der Waals surface area contributed by atoms with Crippen LogP contribution in [0.5, 0.6) is 5.75 Å². The first-order valence-corrected chi connectivity index (χ1v) is 6.12. The molecule has 0 unspecified atom stereocenters. The average molecular weight is 253 g/mol. The molecule has 0 atom stereocenters. The van der Waals surface area contributed by atoms with Gasteiger partial charge in [-0.2, -0.15) is 0 Å². The molecule has 0 bridgehead atoms. The highest BCUT2D eigenvalue weighted by Gasteiger charge is 2.13. The molecule has 0 saturated carbocycles. The first-order valence-electron chi connectivity index (χ1n) is 6.12. The number of hydrogen-bond donors (Lipinski definition) is 0. The van der Waals surface area contributed by atoms with Crippen molar-refractivity contribution in [1.82, 2.24) is 14.5 Å². The quantitative estimate of drug-likeness (QED) is 0.705. The number of methoxy groups -OCH3 is 1.